The molecule has 15 heavy (non-hydrogen) atoms. The van der Waals surface area contributed by atoms with E-state index in [-0.39, 0.29) is 6.42 Å². The van der Waals surface area contributed by atoms with Gasteiger partial charge in [0.05, 0.1) is 24.8 Å². The lowest BCUT2D eigenvalue weighted by atomic mass is 10.1. The molecule has 0 unspecified atom stereocenters. The Morgan fingerprint density at radius 2 is 2.27 bits per heavy atom. The quantitative estimate of drug-likeness (QED) is 0.545. The number of carbonyl (C=O) groups is 2. The minimum Gasteiger partial charge on any atom is -0.465 e. The molecule has 1 aromatic rings. The van der Waals surface area contributed by atoms with Gasteiger partial charge in [-0.1, -0.05) is 6.07 Å². The van der Waals surface area contributed by atoms with Crippen LogP contribution in [0.3, 0.4) is 0 Å². The second-order valence-corrected chi connectivity index (χ2v) is 3.22. The van der Waals surface area contributed by atoms with E-state index in [1.165, 1.54) is 13.2 Å². The maximum atomic E-state index is 11.2. The summed E-state index contributed by atoms with van der Waals surface area (Å²) < 4.78 is 4.53. The highest BCUT2D eigenvalue weighted by atomic mass is 16.5. The number of hydroxylamine groups is 1. The number of benzene rings is 1. The van der Waals surface area contributed by atoms with E-state index >= 15 is 0 Å². The third-order valence-corrected chi connectivity index (χ3v) is 2.31. The number of nitrogens with zero attached hydrogens (tertiary/aromatic N) is 1. The van der Waals surface area contributed by atoms with Crippen molar-refractivity contribution < 1.29 is 19.5 Å². The van der Waals surface area contributed by atoms with Crippen LogP contribution in [0.15, 0.2) is 18.2 Å². The lowest BCUT2D eigenvalue weighted by Crippen LogP contribution is -2.21. The standard InChI is InChI=1S/C10H9NO4/c1-15-10(13)7-3-2-6-5-9(12)11(14)8(6)4-7/h2-4,14H,5H2,1H3. The van der Waals surface area contributed by atoms with Crippen LogP contribution < -0.4 is 5.06 Å². The lowest BCUT2D eigenvalue weighted by molar-refractivity contribution is -0.122. The predicted molar refractivity (Wildman–Crippen MR) is 50.8 cm³/mol. The summed E-state index contributed by atoms with van der Waals surface area (Å²) in [6.45, 7) is 0. The van der Waals surface area contributed by atoms with Crippen LogP contribution in [0.25, 0.3) is 0 Å². The molecule has 1 N–H and O–H groups in total. The molecule has 1 amide bonds. The monoisotopic (exact) mass is 207 g/mol. The van der Waals surface area contributed by atoms with E-state index in [1.54, 1.807) is 12.1 Å². The largest absolute Gasteiger partial charge is 0.465 e. The van der Waals surface area contributed by atoms with Gasteiger partial charge in [0.2, 0.25) is 0 Å². The molecule has 1 aliphatic heterocycles. The fourth-order valence-electron chi connectivity index (χ4n) is 1.53. The zero-order valence-corrected chi connectivity index (χ0v) is 8.06. The molecule has 0 saturated carbocycles. The Morgan fingerprint density at radius 3 is 2.93 bits per heavy atom. The van der Waals surface area contributed by atoms with Crippen molar-refractivity contribution in [3.8, 4) is 0 Å². The van der Waals surface area contributed by atoms with Gasteiger partial charge < -0.3 is 4.74 Å². The molecule has 0 aliphatic carbocycles. The van der Waals surface area contributed by atoms with Crippen LogP contribution in [0.2, 0.25) is 0 Å². The van der Waals surface area contributed by atoms with Crippen molar-refractivity contribution in [3.63, 3.8) is 0 Å². The number of fused-ring (bicyclic) bond motifs is 1. The molecule has 5 nitrogen and oxygen atoms in total. The van der Waals surface area contributed by atoms with Crippen molar-refractivity contribution in [1.82, 2.24) is 0 Å². The van der Waals surface area contributed by atoms with Crippen molar-refractivity contribution >= 4 is 17.6 Å². The molecule has 5 heteroatoms. The number of anilines is 1. The molecular weight excluding hydrogens is 198 g/mol. The van der Waals surface area contributed by atoms with Crippen molar-refractivity contribution in [1.29, 1.82) is 0 Å². The third-order valence-electron chi connectivity index (χ3n) is 2.31. The first-order valence-electron chi connectivity index (χ1n) is 4.36. The Labute approximate surface area is 85.8 Å². The van der Waals surface area contributed by atoms with E-state index in [2.05, 4.69) is 4.74 Å². The Balaban J connectivity index is 2.44. The minimum atomic E-state index is -0.495. The number of carbonyl (C=O) groups excluding carboxylic acids is 2. The van der Waals surface area contributed by atoms with Gasteiger partial charge in [-0.2, -0.15) is 5.06 Å². The summed E-state index contributed by atoms with van der Waals surface area (Å²) in [6, 6.07) is 4.64. The number of methoxy groups -OCH3 is 1. The van der Waals surface area contributed by atoms with Gasteiger partial charge >= 0.3 is 5.97 Å². The van der Waals surface area contributed by atoms with Crippen LogP contribution in [0, 0.1) is 0 Å². The SMILES string of the molecule is COC(=O)c1ccc2c(c1)N(O)C(=O)C2. The molecule has 2 rings (SSSR count). The fourth-order valence-corrected chi connectivity index (χ4v) is 1.53. The predicted octanol–water partition coefficient (Wildman–Crippen LogP) is 0.752. The van der Waals surface area contributed by atoms with Crippen LogP contribution in [-0.4, -0.2) is 24.2 Å². The smallest absolute Gasteiger partial charge is 0.337 e. The number of hydrogen-bond donors (Lipinski definition) is 1. The van der Waals surface area contributed by atoms with E-state index in [0.717, 1.165) is 0 Å². The Kier molecular flexibility index (Phi) is 2.17. The van der Waals surface area contributed by atoms with Crippen molar-refractivity contribution in [2.75, 3.05) is 12.2 Å². The van der Waals surface area contributed by atoms with Crippen molar-refractivity contribution in [3.05, 3.63) is 29.3 Å². The number of ether oxygens (including phenoxy) is 1. The topological polar surface area (TPSA) is 66.8 Å². The Hall–Kier alpha value is -1.88. The number of rotatable bonds is 1. The molecule has 1 aromatic carbocycles. The minimum absolute atomic E-state index is 0.160. The summed E-state index contributed by atoms with van der Waals surface area (Å²) in [5.74, 6) is -0.891. The van der Waals surface area contributed by atoms with E-state index < -0.39 is 11.9 Å². The first kappa shape index (κ1) is 9.67. The van der Waals surface area contributed by atoms with Gasteiger partial charge in [0.25, 0.3) is 5.91 Å². The van der Waals surface area contributed by atoms with Gasteiger partial charge in [-0.3, -0.25) is 10.0 Å². The van der Waals surface area contributed by atoms with E-state index in [0.29, 0.717) is 21.9 Å². The van der Waals surface area contributed by atoms with E-state index in [1.807, 2.05) is 0 Å². The van der Waals surface area contributed by atoms with Gasteiger partial charge in [0.15, 0.2) is 0 Å². The third kappa shape index (κ3) is 1.46. The first-order chi connectivity index (χ1) is 7.13. The summed E-state index contributed by atoms with van der Waals surface area (Å²) >= 11 is 0. The molecule has 0 atom stereocenters. The molecule has 1 heterocycles. The average molecular weight is 207 g/mol. The van der Waals surface area contributed by atoms with Gasteiger partial charge in [0.1, 0.15) is 0 Å². The van der Waals surface area contributed by atoms with Crippen molar-refractivity contribution in [2.24, 2.45) is 0 Å². The maximum Gasteiger partial charge on any atom is 0.337 e. The molecule has 0 spiro atoms. The summed E-state index contributed by atoms with van der Waals surface area (Å²) in [5.41, 5.74) is 1.36. The Morgan fingerprint density at radius 1 is 1.53 bits per heavy atom. The fraction of sp³-hybridized carbons (Fsp3) is 0.200. The van der Waals surface area contributed by atoms with Gasteiger partial charge in [-0.25, -0.2) is 4.79 Å². The zero-order chi connectivity index (χ0) is 11.0. The zero-order valence-electron chi connectivity index (χ0n) is 8.06. The highest BCUT2D eigenvalue weighted by Gasteiger charge is 2.26. The van der Waals surface area contributed by atoms with Crippen LogP contribution in [0.5, 0.6) is 0 Å². The van der Waals surface area contributed by atoms with Crippen molar-refractivity contribution in [2.45, 2.75) is 6.42 Å². The van der Waals surface area contributed by atoms with Crippen LogP contribution >= 0.6 is 0 Å². The summed E-state index contributed by atoms with van der Waals surface area (Å²) in [7, 11) is 1.28. The normalized spacial score (nSPS) is 14.0. The van der Waals surface area contributed by atoms with Gasteiger partial charge in [-0.15, -0.1) is 0 Å². The molecule has 0 saturated heterocycles. The van der Waals surface area contributed by atoms with E-state index in [4.69, 9.17) is 0 Å². The second kappa shape index (κ2) is 3.36. The average Bonchev–Trinajstić information content (AvgIpc) is 2.54. The molecule has 1 aliphatic rings. The molecule has 0 fully saturated rings. The molecule has 0 aromatic heterocycles. The van der Waals surface area contributed by atoms with E-state index in [9.17, 15) is 14.8 Å². The van der Waals surface area contributed by atoms with Gasteiger partial charge in [-0.05, 0) is 17.7 Å². The van der Waals surface area contributed by atoms with Crippen LogP contribution in [-0.2, 0) is 16.0 Å². The summed E-state index contributed by atoms with van der Waals surface area (Å²) in [5, 5.41) is 9.92. The second-order valence-electron chi connectivity index (χ2n) is 3.22. The molecule has 0 radical (unpaired) electrons. The van der Waals surface area contributed by atoms with Gasteiger partial charge in [0, 0.05) is 0 Å². The number of hydrogen-bond acceptors (Lipinski definition) is 4. The lowest BCUT2D eigenvalue weighted by Gasteiger charge is -2.08. The summed E-state index contributed by atoms with van der Waals surface area (Å²) in [6.07, 6.45) is 0.160. The van der Waals surface area contributed by atoms with Crippen LogP contribution in [0.4, 0.5) is 5.69 Å². The Bertz CT molecular complexity index is 441. The van der Waals surface area contributed by atoms with Crippen LogP contribution in [0.1, 0.15) is 15.9 Å². The highest BCUT2D eigenvalue weighted by Crippen LogP contribution is 2.28. The molecule has 0 bridgehead atoms. The highest BCUT2D eigenvalue weighted by molar-refractivity contribution is 6.01. The maximum absolute atomic E-state index is 11.2. The molecule has 78 valence electrons. The first-order valence-corrected chi connectivity index (χ1v) is 4.36. The summed E-state index contributed by atoms with van der Waals surface area (Å²) in [4.78, 5) is 22.3. The number of amides is 1. The molecular formula is C10H9NO4. The number of esters is 1.